The van der Waals surface area contributed by atoms with Crippen molar-refractivity contribution in [2.24, 2.45) is 5.92 Å². The second kappa shape index (κ2) is 4.21. The molecule has 0 unspecified atom stereocenters. The first-order chi connectivity index (χ1) is 8.31. The van der Waals surface area contributed by atoms with E-state index in [1.165, 1.54) is 16.7 Å². The molecule has 86 valence electrons. The molecule has 17 heavy (non-hydrogen) atoms. The lowest BCUT2D eigenvalue weighted by Crippen LogP contribution is -2.03. The summed E-state index contributed by atoms with van der Waals surface area (Å²) in [6, 6.07) is 9.91. The Hall–Kier alpha value is -1.83. The van der Waals surface area contributed by atoms with E-state index in [9.17, 15) is 5.11 Å². The third-order valence-corrected chi connectivity index (χ3v) is 3.48. The number of phenolic OH excluding ortho intramolecular Hbond substituents is 1. The first kappa shape index (κ1) is 10.3. The van der Waals surface area contributed by atoms with Gasteiger partial charge in [0.25, 0.3) is 0 Å². The molecule has 1 heterocycles. The van der Waals surface area contributed by atoms with Crippen LogP contribution in [0.1, 0.15) is 16.7 Å². The topological polar surface area (TPSA) is 33.1 Å². The van der Waals surface area contributed by atoms with E-state index >= 15 is 0 Å². The summed E-state index contributed by atoms with van der Waals surface area (Å²) in [6.07, 6.45) is 6.99. The number of rotatable bonds is 2. The van der Waals surface area contributed by atoms with Crippen LogP contribution < -0.4 is 0 Å². The minimum atomic E-state index is 0.383. The predicted octanol–water partition coefficient (Wildman–Crippen LogP) is 2.74. The maximum Gasteiger partial charge on any atom is 0.115 e. The van der Waals surface area contributed by atoms with E-state index in [2.05, 4.69) is 23.2 Å². The highest BCUT2D eigenvalue weighted by atomic mass is 16.3. The van der Waals surface area contributed by atoms with E-state index in [0.717, 1.165) is 19.3 Å². The molecule has 0 bridgehead atoms. The van der Waals surface area contributed by atoms with Gasteiger partial charge >= 0.3 is 0 Å². The summed E-state index contributed by atoms with van der Waals surface area (Å²) in [5.74, 6) is 1.04. The number of phenols is 1. The molecular formula is C15H15NO. The monoisotopic (exact) mass is 225 g/mol. The highest BCUT2D eigenvalue weighted by Gasteiger charge is 2.21. The summed E-state index contributed by atoms with van der Waals surface area (Å²) in [7, 11) is 0. The Morgan fingerprint density at radius 2 is 1.82 bits per heavy atom. The van der Waals surface area contributed by atoms with E-state index in [1.54, 1.807) is 6.07 Å². The van der Waals surface area contributed by atoms with Gasteiger partial charge in [0.2, 0.25) is 0 Å². The summed E-state index contributed by atoms with van der Waals surface area (Å²) >= 11 is 0. The van der Waals surface area contributed by atoms with Crippen molar-refractivity contribution in [3.05, 3.63) is 59.4 Å². The zero-order valence-corrected chi connectivity index (χ0v) is 9.63. The average molecular weight is 225 g/mol. The molecule has 3 rings (SSSR count). The van der Waals surface area contributed by atoms with Gasteiger partial charge in [0.15, 0.2) is 0 Å². The Morgan fingerprint density at radius 1 is 1.06 bits per heavy atom. The number of hydrogen-bond acceptors (Lipinski definition) is 2. The van der Waals surface area contributed by atoms with E-state index in [0.29, 0.717) is 11.7 Å². The summed E-state index contributed by atoms with van der Waals surface area (Å²) in [4.78, 5) is 4.04. The summed E-state index contributed by atoms with van der Waals surface area (Å²) in [6.45, 7) is 0. The number of benzene rings is 1. The maximum atomic E-state index is 9.46. The fourth-order valence-electron chi connectivity index (χ4n) is 2.69. The molecule has 2 aromatic rings. The molecule has 0 saturated carbocycles. The zero-order chi connectivity index (χ0) is 11.7. The molecule has 1 aliphatic carbocycles. The van der Waals surface area contributed by atoms with Crippen LogP contribution in [0, 0.1) is 5.92 Å². The van der Waals surface area contributed by atoms with Crippen LogP contribution >= 0.6 is 0 Å². The molecule has 1 atom stereocenters. The minimum Gasteiger partial charge on any atom is -0.508 e. The van der Waals surface area contributed by atoms with Crippen LogP contribution in [0.3, 0.4) is 0 Å². The highest BCUT2D eigenvalue weighted by Crippen LogP contribution is 2.31. The maximum absolute atomic E-state index is 9.46. The Labute approximate surface area is 101 Å². The van der Waals surface area contributed by atoms with Crippen LogP contribution in [-0.4, -0.2) is 10.1 Å². The largest absolute Gasteiger partial charge is 0.508 e. The second-order valence-electron chi connectivity index (χ2n) is 4.79. The van der Waals surface area contributed by atoms with Crippen molar-refractivity contribution >= 4 is 0 Å². The number of hydrogen-bond donors (Lipinski definition) is 1. The van der Waals surface area contributed by atoms with Crippen LogP contribution in [0.5, 0.6) is 5.75 Å². The van der Waals surface area contributed by atoms with Crippen molar-refractivity contribution < 1.29 is 5.11 Å². The summed E-state index contributed by atoms with van der Waals surface area (Å²) < 4.78 is 0. The average Bonchev–Trinajstić information content (AvgIpc) is 2.71. The normalized spacial score (nSPS) is 18.0. The van der Waals surface area contributed by atoms with Gasteiger partial charge in [-0.05, 0) is 66.1 Å². The minimum absolute atomic E-state index is 0.383. The molecule has 0 radical (unpaired) electrons. The third kappa shape index (κ3) is 2.16. The lowest BCUT2D eigenvalue weighted by atomic mass is 9.97. The lowest BCUT2D eigenvalue weighted by molar-refractivity contribution is 0.474. The number of aromatic nitrogens is 1. The van der Waals surface area contributed by atoms with Crippen molar-refractivity contribution in [3.63, 3.8) is 0 Å². The predicted molar refractivity (Wildman–Crippen MR) is 66.9 cm³/mol. The fraction of sp³-hybridized carbons (Fsp3) is 0.267. The smallest absolute Gasteiger partial charge is 0.115 e. The Morgan fingerprint density at radius 3 is 2.65 bits per heavy atom. The standard InChI is InChI=1S/C15H15NO/c17-15-2-1-13-8-12(9-14(13)10-15)7-11-3-5-16-6-4-11/h1-6,10,12,17H,7-9H2/t12-/m1/s1. The van der Waals surface area contributed by atoms with Gasteiger partial charge in [0, 0.05) is 12.4 Å². The molecule has 2 nitrogen and oxygen atoms in total. The van der Waals surface area contributed by atoms with Crippen molar-refractivity contribution in [1.29, 1.82) is 0 Å². The number of fused-ring (bicyclic) bond motifs is 1. The number of pyridine rings is 1. The van der Waals surface area contributed by atoms with Gasteiger partial charge in [-0.15, -0.1) is 0 Å². The van der Waals surface area contributed by atoms with Gasteiger partial charge in [-0.2, -0.15) is 0 Å². The third-order valence-electron chi connectivity index (χ3n) is 3.48. The molecule has 0 aliphatic heterocycles. The molecule has 0 fully saturated rings. The van der Waals surface area contributed by atoms with Crippen molar-refractivity contribution in [1.82, 2.24) is 4.98 Å². The van der Waals surface area contributed by atoms with E-state index in [1.807, 2.05) is 18.5 Å². The Kier molecular flexibility index (Phi) is 2.56. The molecule has 0 amide bonds. The molecule has 1 N–H and O–H groups in total. The zero-order valence-electron chi connectivity index (χ0n) is 9.63. The number of aromatic hydroxyl groups is 1. The van der Waals surface area contributed by atoms with E-state index in [4.69, 9.17) is 0 Å². The van der Waals surface area contributed by atoms with Crippen LogP contribution in [0.25, 0.3) is 0 Å². The first-order valence-corrected chi connectivity index (χ1v) is 6.01. The van der Waals surface area contributed by atoms with Gasteiger partial charge in [-0.25, -0.2) is 0 Å². The van der Waals surface area contributed by atoms with Crippen molar-refractivity contribution in [2.45, 2.75) is 19.3 Å². The molecule has 0 spiro atoms. The molecule has 2 heteroatoms. The van der Waals surface area contributed by atoms with Crippen LogP contribution in [0.2, 0.25) is 0 Å². The summed E-state index contributed by atoms with van der Waals surface area (Å²) in [5.41, 5.74) is 4.05. The van der Waals surface area contributed by atoms with Gasteiger partial charge in [0.05, 0.1) is 0 Å². The molecule has 1 aromatic heterocycles. The van der Waals surface area contributed by atoms with E-state index in [-0.39, 0.29) is 0 Å². The van der Waals surface area contributed by atoms with Gasteiger partial charge in [-0.1, -0.05) is 6.07 Å². The summed E-state index contributed by atoms with van der Waals surface area (Å²) in [5, 5.41) is 9.46. The van der Waals surface area contributed by atoms with Gasteiger partial charge in [-0.3, -0.25) is 4.98 Å². The first-order valence-electron chi connectivity index (χ1n) is 6.01. The van der Waals surface area contributed by atoms with Gasteiger partial charge in [0.1, 0.15) is 5.75 Å². The van der Waals surface area contributed by atoms with E-state index < -0.39 is 0 Å². The molecular weight excluding hydrogens is 210 g/mol. The Balaban J connectivity index is 1.74. The fourth-order valence-corrected chi connectivity index (χ4v) is 2.69. The van der Waals surface area contributed by atoms with Crippen LogP contribution in [0.15, 0.2) is 42.7 Å². The second-order valence-corrected chi connectivity index (χ2v) is 4.79. The quantitative estimate of drug-likeness (QED) is 0.852. The molecule has 1 aromatic carbocycles. The Bertz CT molecular complexity index is 522. The van der Waals surface area contributed by atoms with Crippen molar-refractivity contribution in [3.8, 4) is 5.75 Å². The van der Waals surface area contributed by atoms with Gasteiger partial charge < -0.3 is 5.11 Å². The SMILES string of the molecule is Oc1ccc2c(c1)C[C@H](Cc1ccncc1)C2. The van der Waals surface area contributed by atoms with Crippen LogP contribution in [-0.2, 0) is 19.3 Å². The molecule has 1 aliphatic rings. The number of nitrogens with zero attached hydrogens (tertiary/aromatic N) is 1. The lowest BCUT2D eigenvalue weighted by Gasteiger charge is -2.08. The molecule has 0 saturated heterocycles. The van der Waals surface area contributed by atoms with Crippen molar-refractivity contribution in [2.75, 3.05) is 0 Å². The van der Waals surface area contributed by atoms with Crippen LogP contribution in [0.4, 0.5) is 0 Å². The highest BCUT2D eigenvalue weighted by molar-refractivity contribution is 5.38.